The molecule has 2 rings (SSSR count). The van der Waals surface area contributed by atoms with Crippen LogP contribution in [-0.4, -0.2) is 29.3 Å². The van der Waals surface area contributed by atoms with Crippen molar-refractivity contribution in [1.82, 2.24) is 9.88 Å². The molecule has 0 aliphatic heterocycles. The Morgan fingerprint density at radius 2 is 1.90 bits per heavy atom. The van der Waals surface area contributed by atoms with Gasteiger partial charge >= 0.3 is 0 Å². The SMILES string of the molecule is Cc1cccc(CN(C)CC(C(=N)N)c2ccccc2)n1. The first kappa shape index (κ1) is 15.2. The van der Waals surface area contributed by atoms with Crippen molar-refractivity contribution in [3.63, 3.8) is 0 Å². The number of rotatable bonds is 6. The summed E-state index contributed by atoms with van der Waals surface area (Å²) in [4.78, 5) is 6.67. The molecule has 1 aromatic heterocycles. The molecular formula is C17H22N4. The monoisotopic (exact) mass is 282 g/mol. The highest BCUT2D eigenvalue weighted by Gasteiger charge is 2.17. The normalized spacial score (nSPS) is 12.3. The van der Waals surface area contributed by atoms with Crippen LogP contribution in [0.15, 0.2) is 48.5 Å². The van der Waals surface area contributed by atoms with Crippen LogP contribution < -0.4 is 5.73 Å². The molecule has 1 heterocycles. The molecule has 1 atom stereocenters. The molecule has 1 unspecified atom stereocenters. The quantitative estimate of drug-likeness (QED) is 0.632. The van der Waals surface area contributed by atoms with E-state index >= 15 is 0 Å². The van der Waals surface area contributed by atoms with Gasteiger partial charge in [0.2, 0.25) is 0 Å². The summed E-state index contributed by atoms with van der Waals surface area (Å²) in [5.41, 5.74) is 8.91. The van der Waals surface area contributed by atoms with Crippen molar-refractivity contribution in [2.75, 3.05) is 13.6 Å². The van der Waals surface area contributed by atoms with E-state index in [1.807, 2.05) is 62.5 Å². The van der Waals surface area contributed by atoms with Crippen LogP contribution >= 0.6 is 0 Å². The maximum absolute atomic E-state index is 7.83. The third-order valence-corrected chi connectivity index (χ3v) is 3.45. The molecule has 0 saturated carbocycles. The number of amidine groups is 1. The molecule has 0 amide bonds. The minimum absolute atomic E-state index is 0.0824. The Labute approximate surface area is 126 Å². The van der Waals surface area contributed by atoms with E-state index in [4.69, 9.17) is 11.1 Å². The van der Waals surface area contributed by atoms with Gasteiger partial charge in [0.15, 0.2) is 0 Å². The molecule has 4 heteroatoms. The van der Waals surface area contributed by atoms with Crippen molar-refractivity contribution in [3.8, 4) is 0 Å². The van der Waals surface area contributed by atoms with Crippen LogP contribution in [0.4, 0.5) is 0 Å². The van der Waals surface area contributed by atoms with E-state index in [2.05, 4.69) is 9.88 Å². The van der Waals surface area contributed by atoms with Gasteiger partial charge in [-0.05, 0) is 31.7 Å². The number of nitrogens with two attached hydrogens (primary N) is 1. The zero-order valence-corrected chi connectivity index (χ0v) is 12.6. The van der Waals surface area contributed by atoms with Crippen molar-refractivity contribution in [2.24, 2.45) is 5.73 Å². The molecule has 2 aromatic rings. The average molecular weight is 282 g/mol. The van der Waals surface area contributed by atoms with E-state index < -0.39 is 0 Å². The average Bonchev–Trinajstić information content (AvgIpc) is 2.45. The summed E-state index contributed by atoms with van der Waals surface area (Å²) in [6.07, 6.45) is 0. The molecule has 0 spiro atoms. The molecule has 3 N–H and O–H groups in total. The number of hydrogen-bond acceptors (Lipinski definition) is 3. The molecule has 0 aliphatic carbocycles. The van der Waals surface area contributed by atoms with Gasteiger partial charge in [-0.1, -0.05) is 36.4 Å². The smallest absolute Gasteiger partial charge is 0.0995 e. The van der Waals surface area contributed by atoms with Crippen molar-refractivity contribution in [1.29, 1.82) is 5.41 Å². The van der Waals surface area contributed by atoms with Crippen molar-refractivity contribution < 1.29 is 0 Å². The van der Waals surface area contributed by atoms with Crippen LogP contribution in [-0.2, 0) is 6.54 Å². The molecule has 1 aromatic carbocycles. The summed E-state index contributed by atoms with van der Waals surface area (Å²) in [6, 6.07) is 16.0. The molecule has 0 bridgehead atoms. The molecule has 4 nitrogen and oxygen atoms in total. The molecule has 0 aliphatic rings. The fraction of sp³-hybridized carbons (Fsp3) is 0.294. The number of pyridine rings is 1. The third-order valence-electron chi connectivity index (χ3n) is 3.45. The van der Waals surface area contributed by atoms with E-state index in [1.54, 1.807) is 0 Å². The van der Waals surface area contributed by atoms with Crippen molar-refractivity contribution in [3.05, 3.63) is 65.5 Å². The first-order chi connectivity index (χ1) is 10.1. The second kappa shape index (κ2) is 6.99. The lowest BCUT2D eigenvalue weighted by molar-refractivity contribution is 0.318. The minimum Gasteiger partial charge on any atom is -0.387 e. The largest absolute Gasteiger partial charge is 0.387 e. The van der Waals surface area contributed by atoms with Crippen LogP contribution in [0.25, 0.3) is 0 Å². The van der Waals surface area contributed by atoms with Crippen LogP contribution in [0, 0.1) is 12.3 Å². The first-order valence-corrected chi connectivity index (χ1v) is 7.06. The summed E-state index contributed by atoms with van der Waals surface area (Å²) in [5.74, 6) is 0.117. The zero-order chi connectivity index (χ0) is 15.2. The number of aromatic nitrogens is 1. The molecule has 0 radical (unpaired) electrons. The van der Waals surface area contributed by atoms with Gasteiger partial charge in [-0.25, -0.2) is 0 Å². The molecule has 21 heavy (non-hydrogen) atoms. The second-order valence-electron chi connectivity index (χ2n) is 5.39. The van der Waals surface area contributed by atoms with Gasteiger partial charge in [0.1, 0.15) is 0 Å². The Kier molecular flexibility index (Phi) is 5.06. The summed E-state index contributed by atoms with van der Waals surface area (Å²) in [7, 11) is 2.03. The maximum Gasteiger partial charge on any atom is 0.0995 e. The van der Waals surface area contributed by atoms with Gasteiger partial charge in [-0.2, -0.15) is 0 Å². The topological polar surface area (TPSA) is 66.0 Å². The lowest BCUT2D eigenvalue weighted by Gasteiger charge is -2.23. The van der Waals surface area contributed by atoms with Gasteiger partial charge in [0, 0.05) is 18.8 Å². The Morgan fingerprint density at radius 1 is 1.19 bits per heavy atom. The lowest BCUT2D eigenvalue weighted by atomic mass is 9.97. The number of aryl methyl sites for hydroxylation is 1. The van der Waals surface area contributed by atoms with Gasteiger partial charge in [0.05, 0.1) is 17.4 Å². The van der Waals surface area contributed by atoms with E-state index in [1.165, 1.54) is 0 Å². The summed E-state index contributed by atoms with van der Waals surface area (Å²) in [6.45, 7) is 3.44. The van der Waals surface area contributed by atoms with E-state index in [-0.39, 0.29) is 11.8 Å². The summed E-state index contributed by atoms with van der Waals surface area (Å²) in [5, 5.41) is 7.83. The predicted octanol–water partition coefficient (Wildman–Crippen LogP) is 2.54. The van der Waals surface area contributed by atoms with Crippen LogP contribution in [0.2, 0.25) is 0 Å². The maximum atomic E-state index is 7.83. The van der Waals surface area contributed by atoms with Crippen LogP contribution in [0.1, 0.15) is 22.9 Å². The Bertz CT molecular complexity index is 595. The van der Waals surface area contributed by atoms with Crippen molar-refractivity contribution >= 4 is 5.84 Å². The highest BCUT2D eigenvalue weighted by Crippen LogP contribution is 2.17. The third kappa shape index (κ3) is 4.39. The fourth-order valence-corrected chi connectivity index (χ4v) is 2.41. The fourth-order valence-electron chi connectivity index (χ4n) is 2.41. The lowest BCUT2D eigenvalue weighted by Crippen LogP contribution is -2.32. The van der Waals surface area contributed by atoms with E-state index in [0.29, 0.717) is 6.54 Å². The summed E-state index contributed by atoms with van der Waals surface area (Å²) >= 11 is 0. The Balaban J connectivity index is 2.05. The van der Waals surface area contributed by atoms with Crippen molar-refractivity contribution in [2.45, 2.75) is 19.4 Å². The van der Waals surface area contributed by atoms with Crippen LogP contribution in [0.3, 0.4) is 0 Å². The second-order valence-corrected chi connectivity index (χ2v) is 5.39. The Morgan fingerprint density at radius 3 is 2.52 bits per heavy atom. The van der Waals surface area contributed by atoms with Crippen LogP contribution in [0.5, 0.6) is 0 Å². The zero-order valence-electron chi connectivity index (χ0n) is 12.6. The Hall–Kier alpha value is -2.20. The molecule has 110 valence electrons. The van der Waals surface area contributed by atoms with Gasteiger partial charge in [0.25, 0.3) is 0 Å². The highest BCUT2D eigenvalue weighted by molar-refractivity contribution is 5.84. The predicted molar refractivity (Wildman–Crippen MR) is 86.4 cm³/mol. The number of likely N-dealkylation sites (N-methyl/N-ethyl adjacent to an activating group) is 1. The van der Waals surface area contributed by atoms with Gasteiger partial charge in [-0.3, -0.25) is 15.3 Å². The number of benzene rings is 1. The number of nitrogens with zero attached hydrogens (tertiary/aromatic N) is 2. The first-order valence-electron chi connectivity index (χ1n) is 7.06. The standard InChI is InChI=1S/C17H22N4/c1-13-7-6-10-15(20-13)11-21(2)12-16(17(18)19)14-8-4-3-5-9-14/h3-10,16H,11-12H2,1-2H3,(H3,18,19). The van der Waals surface area contributed by atoms with Gasteiger partial charge < -0.3 is 5.73 Å². The summed E-state index contributed by atoms with van der Waals surface area (Å²) < 4.78 is 0. The van der Waals surface area contributed by atoms with Gasteiger partial charge in [-0.15, -0.1) is 0 Å². The minimum atomic E-state index is -0.0824. The molecule has 0 saturated heterocycles. The van der Waals surface area contributed by atoms with E-state index in [0.717, 1.165) is 23.5 Å². The highest BCUT2D eigenvalue weighted by atomic mass is 15.1. The number of nitrogens with one attached hydrogen (secondary N) is 1. The van der Waals surface area contributed by atoms with E-state index in [9.17, 15) is 0 Å². The molecule has 0 fully saturated rings. The molecular weight excluding hydrogens is 260 g/mol. The number of hydrogen-bond donors (Lipinski definition) is 2.